The van der Waals surface area contributed by atoms with E-state index in [2.05, 4.69) is 30.5 Å². The van der Waals surface area contributed by atoms with E-state index in [-0.39, 0.29) is 17.1 Å². The number of esters is 1. The monoisotopic (exact) mass is 517 g/mol. The Labute approximate surface area is 220 Å². The zero-order chi connectivity index (χ0) is 27.0. The third kappa shape index (κ3) is 5.64. The van der Waals surface area contributed by atoms with Crippen LogP contribution in [-0.2, 0) is 21.1 Å². The van der Waals surface area contributed by atoms with Crippen molar-refractivity contribution in [2.24, 2.45) is 5.41 Å². The number of hydrogen-bond donors (Lipinski definition) is 0. The van der Waals surface area contributed by atoms with Gasteiger partial charge in [0.15, 0.2) is 9.84 Å². The molecule has 0 N–H and O–H groups in total. The van der Waals surface area contributed by atoms with Gasteiger partial charge in [-0.1, -0.05) is 63.2 Å². The Morgan fingerprint density at radius 2 is 1.62 bits per heavy atom. The molecule has 1 aromatic heterocycles. The Balaban J connectivity index is 1.65. The summed E-state index contributed by atoms with van der Waals surface area (Å²) in [5, 5.41) is 1.04. The summed E-state index contributed by atoms with van der Waals surface area (Å²) >= 11 is 0. The molecule has 4 rings (SSSR count). The van der Waals surface area contributed by atoms with Crippen LogP contribution in [0.25, 0.3) is 22.0 Å². The van der Waals surface area contributed by atoms with Gasteiger partial charge >= 0.3 is 5.97 Å². The third-order valence-corrected chi connectivity index (χ3v) is 8.87. The van der Waals surface area contributed by atoms with E-state index in [1.165, 1.54) is 0 Å². The first-order chi connectivity index (χ1) is 17.4. The molecular formula is C31H35NO4S. The highest BCUT2D eigenvalue weighted by atomic mass is 32.2. The standard InChI is InChI=1S/C31H35NO4S/c1-7-36-30(33)25-16-17-28-27(18-25)21(2)22(3)32(28)19-23-12-14-24(15-13-23)26-10-8-9-11-29(26)37(34,35)20-31(4,5)6/h8-18H,7,19-20H2,1-6H3. The second kappa shape index (κ2) is 10.2. The highest BCUT2D eigenvalue weighted by molar-refractivity contribution is 7.91. The summed E-state index contributed by atoms with van der Waals surface area (Å²) < 4.78 is 33.8. The lowest BCUT2D eigenvalue weighted by atomic mass is 10.0. The van der Waals surface area contributed by atoms with Gasteiger partial charge in [-0.15, -0.1) is 0 Å². The summed E-state index contributed by atoms with van der Waals surface area (Å²) in [5.41, 5.74) is 6.26. The fourth-order valence-electron chi connectivity index (χ4n) is 4.79. The minimum Gasteiger partial charge on any atom is -0.462 e. The van der Waals surface area contributed by atoms with Gasteiger partial charge in [-0.3, -0.25) is 0 Å². The fraction of sp³-hybridized carbons (Fsp3) is 0.323. The molecule has 0 aliphatic heterocycles. The van der Waals surface area contributed by atoms with E-state index in [1.54, 1.807) is 19.1 Å². The van der Waals surface area contributed by atoms with Crippen molar-refractivity contribution in [3.63, 3.8) is 0 Å². The lowest BCUT2D eigenvalue weighted by molar-refractivity contribution is 0.0526. The first kappa shape index (κ1) is 26.7. The number of fused-ring (bicyclic) bond motifs is 1. The Morgan fingerprint density at radius 3 is 2.27 bits per heavy atom. The Hall–Kier alpha value is -3.38. The summed E-state index contributed by atoms with van der Waals surface area (Å²) in [6, 6.07) is 21.0. The summed E-state index contributed by atoms with van der Waals surface area (Å²) in [6.45, 7) is 12.8. The average Bonchev–Trinajstić information content (AvgIpc) is 3.07. The van der Waals surface area contributed by atoms with Gasteiger partial charge in [0.1, 0.15) is 0 Å². The van der Waals surface area contributed by atoms with Gasteiger partial charge in [-0.2, -0.15) is 0 Å². The number of carbonyl (C=O) groups excluding carboxylic acids is 1. The first-order valence-electron chi connectivity index (χ1n) is 12.6. The minimum atomic E-state index is -3.43. The number of benzene rings is 3. The molecule has 4 aromatic rings. The molecule has 0 saturated heterocycles. The van der Waals surface area contributed by atoms with Crippen LogP contribution in [0.4, 0.5) is 0 Å². The molecule has 0 radical (unpaired) electrons. The molecule has 0 aliphatic carbocycles. The molecule has 0 unspecified atom stereocenters. The molecule has 0 aliphatic rings. The number of aryl methyl sites for hydroxylation is 1. The van der Waals surface area contributed by atoms with Crippen molar-refractivity contribution in [3.05, 3.63) is 89.1 Å². The van der Waals surface area contributed by atoms with Crippen molar-refractivity contribution in [1.29, 1.82) is 0 Å². The summed E-state index contributed by atoms with van der Waals surface area (Å²) in [7, 11) is -3.43. The second-order valence-electron chi connectivity index (χ2n) is 10.8. The van der Waals surface area contributed by atoms with Gasteiger partial charge < -0.3 is 9.30 Å². The van der Waals surface area contributed by atoms with Crippen molar-refractivity contribution in [3.8, 4) is 11.1 Å². The number of ether oxygens (including phenoxy) is 1. The Morgan fingerprint density at radius 1 is 0.946 bits per heavy atom. The number of aromatic nitrogens is 1. The molecule has 1 heterocycles. The van der Waals surface area contributed by atoms with Crippen LogP contribution in [0.15, 0.2) is 71.6 Å². The van der Waals surface area contributed by atoms with Crippen molar-refractivity contribution < 1.29 is 17.9 Å². The molecular weight excluding hydrogens is 482 g/mol. The zero-order valence-electron chi connectivity index (χ0n) is 22.5. The van der Waals surface area contributed by atoms with Crippen LogP contribution in [0.5, 0.6) is 0 Å². The quantitative estimate of drug-likeness (QED) is 0.248. The SMILES string of the molecule is CCOC(=O)c1ccc2c(c1)c(C)c(C)n2Cc1ccc(-c2ccccc2S(=O)(=O)CC(C)(C)C)cc1. The number of sulfone groups is 1. The molecule has 0 amide bonds. The number of hydrogen-bond acceptors (Lipinski definition) is 4. The zero-order valence-corrected chi connectivity index (χ0v) is 23.3. The molecule has 37 heavy (non-hydrogen) atoms. The molecule has 0 saturated carbocycles. The maximum atomic E-state index is 13.2. The van der Waals surface area contributed by atoms with Gasteiger partial charge in [-0.25, -0.2) is 13.2 Å². The van der Waals surface area contributed by atoms with E-state index >= 15 is 0 Å². The Kier molecular flexibility index (Phi) is 7.33. The van der Waals surface area contributed by atoms with Gasteiger partial charge in [0.2, 0.25) is 0 Å². The number of carbonyl (C=O) groups is 1. The molecule has 0 atom stereocenters. The smallest absolute Gasteiger partial charge is 0.338 e. The Bertz CT molecular complexity index is 1560. The highest BCUT2D eigenvalue weighted by Gasteiger charge is 2.26. The lowest BCUT2D eigenvalue weighted by Crippen LogP contribution is -2.21. The van der Waals surface area contributed by atoms with E-state index < -0.39 is 9.84 Å². The van der Waals surface area contributed by atoms with E-state index in [0.29, 0.717) is 23.6 Å². The van der Waals surface area contributed by atoms with Crippen LogP contribution >= 0.6 is 0 Å². The molecule has 6 heteroatoms. The fourth-order valence-corrected chi connectivity index (χ4v) is 6.89. The third-order valence-electron chi connectivity index (χ3n) is 6.60. The van der Waals surface area contributed by atoms with Gasteiger partial charge in [-0.05, 0) is 67.1 Å². The maximum Gasteiger partial charge on any atom is 0.338 e. The molecule has 0 spiro atoms. The second-order valence-corrected chi connectivity index (χ2v) is 12.7. The number of rotatable bonds is 7. The summed E-state index contributed by atoms with van der Waals surface area (Å²) in [5.74, 6) is -0.221. The largest absolute Gasteiger partial charge is 0.462 e. The lowest BCUT2D eigenvalue weighted by Gasteiger charge is -2.19. The van der Waals surface area contributed by atoms with E-state index in [1.807, 2.05) is 63.2 Å². The average molecular weight is 518 g/mol. The van der Waals surface area contributed by atoms with Crippen LogP contribution in [0.3, 0.4) is 0 Å². The van der Waals surface area contributed by atoms with Crippen molar-refractivity contribution in [1.82, 2.24) is 4.57 Å². The van der Waals surface area contributed by atoms with Crippen LogP contribution in [0.1, 0.15) is 54.9 Å². The van der Waals surface area contributed by atoms with Gasteiger partial charge in [0.25, 0.3) is 0 Å². The van der Waals surface area contributed by atoms with E-state index in [9.17, 15) is 13.2 Å². The van der Waals surface area contributed by atoms with E-state index in [0.717, 1.165) is 38.9 Å². The first-order valence-corrected chi connectivity index (χ1v) is 14.2. The van der Waals surface area contributed by atoms with Crippen LogP contribution in [-0.4, -0.2) is 31.3 Å². The van der Waals surface area contributed by atoms with Crippen LogP contribution < -0.4 is 0 Å². The molecule has 5 nitrogen and oxygen atoms in total. The van der Waals surface area contributed by atoms with Gasteiger partial charge in [0.05, 0.1) is 22.8 Å². The summed E-state index contributed by atoms with van der Waals surface area (Å²) in [6.07, 6.45) is 0. The van der Waals surface area contributed by atoms with Crippen molar-refractivity contribution in [2.75, 3.05) is 12.4 Å². The highest BCUT2D eigenvalue weighted by Crippen LogP contribution is 2.32. The van der Waals surface area contributed by atoms with E-state index in [4.69, 9.17) is 4.74 Å². The summed E-state index contributed by atoms with van der Waals surface area (Å²) in [4.78, 5) is 12.6. The molecule has 0 bridgehead atoms. The van der Waals surface area contributed by atoms with Crippen LogP contribution in [0, 0.1) is 19.3 Å². The van der Waals surface area contributed by atoms with Crippen LogP contribution in [0.2, 0.25) is 0 Å². The topological polar surface area (TPSA) is 65.4 Å². The maximum absolute atomic E-state index is 13.2. The number of nitrogens with zero attached hydrogens (tertiary/aromatic N) is 1. The van der Waals surface area contributed by atoms with Crippen molar-refractivity contribution >= 4 is 26.7 Å². The predicted molar refractivity (Wildman–Crippen MR) is 150 cm³/mol. The molecule has 3 aromatic carbocycles. The normalized spacial score (nSPS) is 12.2. The minimum absolute atomic E-state index is 0.0896. The molecule has 0 fully saturated rings. The predicted octanol–water partition coefficient (Wildman–Crippen LogP) is 6.97. The van der Waals surface area contributed by atoms with Crippen molar-refractivity contribution in [2.45, 2.75) is 53.0 Å². The van der Waals surface area contributed by atoms with Gasteiger partial charge in [0, 0.05) is 28.7 Å². The molecule has 194 valence electrons.